The van der Waals surface area contributed by atoms with E-state index in [-0.39, 0.29) is 13.2 Å². The number of aliphatic hydroxyl groups excluding tert-OH is 2. The van der Waals surface area contributed by atoms with E-state index in [1.807, 2.05) is 35.2 Å². The van der Waals surface area contributed by atoms with Gasteiger partial charge >= 0.3 is 0 Å². The van der Waals surface area contributed by atoms with Crippen LogP contribution in [-0.4, -0.2) is 36.5 Å². The van der Waals surface area contributed by atoms with Crippen molar-refractivity contribution in [2.24, 2.45) is 0 Å². The Labute approximate surface area is 124 Å². The highest BCUT2D eigenvalue weighted by atomic mass is 16.3. The van der Waals surface area contributed by atoms with E-state index in [1.165, 1.54) is 0 Å². The summed E-state index contributed by atoms with van der Waals surface area (Å²) in [5, 5.41) is 18.3. The molecule has 0 aliphatic heterocycles. The molecular formula is C16H21N3O2. The molecule has 2 aromatic carbocycles. The van der Waals surface area contributed by atoms with E-state index in [9.17, 15) is 0 Å². The van der Waals surface area contributed by atoms with Gasteiger partial charge < -0.3 is 26.6 Å². The molecule has 21 heavy (non-hydrogen) atoms. The molecule has 0 unspecified atom stereocenters. The molecule has 0 heterocycles. The second kappa shape index (κ2) is 6.97. The Balaban J connectivity index is 2.38. The average molecular weight is 287 g/mol. The van der Waals surface area contributed by atoms with Crippen molar-refractivity contribution in [3.8, 4) is 11.1 Å². The fourth-order valence-corrected chi connectivity index (χ4v) is 2.31. The summed E-state index contributed by atoms with van der Waals surface area (Å²) in [6.07, 6.45) is 0. The first-order chi connectivity index (χ1) is 10.2. The largest absolute Gasteiger partial charge is 0.399 e. The van der Waals surface area contributed by atoms with Crippen molar-refractivity contribution >= 4 is 17.1 Å². The molecule has 2 rings (SSSR count). The molecule has 0 aromatic heterocycles. The fourth-order valence-electron chi connectivity index (χ4n) is 2.31. The zero-order valence-corrected chi connectivity index (χ0v) is 11.9. The molecule has 0 aliphatic rings. The first-order valence-electron chi connectivity index (χ1n) is 6.88. The lowest BCUT2D eigenvalue weighted by Crippen LogP contribution is -2.29. The van der Waals surface area contributed by atoms with E-state index in [2.05, 4.69) is 0 Å². The van der Waals surface area contributed by atoms with E-state index in [0.717, 1.165) is 16.8 Å². The van der Waals surface area contributed by atoms with Gasteiger partial charge in [0, 0.05) is 35.7 Å². The Bertz CT molecular complexity index is 596. The summed E-state index contributed by atoms with van der Waals surface area (Å²) < 4.78 is 0. The van der Waals surface area contributed by atoms with Crippen LogP contribution in [0.25, 0.3) is 11.1 Å². The van der Waals surface area contributed by atoms with Gasteiger partial charge in [0.15, 0.2) is 0 Å². The number of hydrogen-bond donors (Lipinski definition) is 4. The normalized spacial score (nSPS) is 10.6. The minimum atomic E-state index is 0.0324. The lowest BCUT2D eigenvalue weighted by atomic mass is 10.0. The number of anilines is 3. The lowest BCUT2D eigenvalue weighted by Gasteiger charge is -2.23. The maximum absolute atomic E-state index is 9.13. The van der Waals surface area contributed by atoms with Crippen molar-refractivity contribution in [3.63, 3.8) is 0 Å². The molecule has 0 amide bonds. The average Bonchev–Trinajstić information content (AvgIpc) is 2.49. The van der Waals surface area contributed by atoms with Gasteiger partial charge in [0.2, 0.25) is 0 Å². The summed E-state index contributed by atoms with van der Waals surface area (Å²) in [4.78, 5) is 1.92. The van der Waals surface area contributed by atoms with Gasteiger partial charge in [-0.25, -0.2) is 0 Å². The van der Waals surface area contributed by atoms with Gasteiger partial charge in [-0.05, 0) is 35.9 Å². The monoisotopic (exact) mass is 287 g/mol. The van der Waals surface area contributed by atoms with Crippen molar-refractivity contribution < 1.29 is 10.2 Å². The number of nitrogens with zero attached hydrogens (tertiary/aromatic N) is 1. The van der Waals surface area contributed by atoms with Crippen LogP contribution < -0.4 is 16.4 Å². The summed E-state index contributed by atoms with van der Waals surface area (Å²) in [7, 11) is 0. The van der Waals surface area contributed by atoms with Gasteiger partial charge in [-0.3, -0.25) is 0 Å². The molecule has 6 N–H and O–H groups in total. The number of nitrogen functional groups attached to an aromatic ring is 2. The van der Waals surface area contributed by atoms with Gasteiger partial charge in [-0.1, -0.05) is 12.1 Å². The first kappa shape index (κ1) is 15.2. The molecule has 0 radical (unpaired) electrons. The first-order valence-corrected chi connectivity index (χ1v) is 6.88. The van der Waals surface area contributed by atoms with E-state index in [0.29, 0.717) is 24.5 Å². The summed E-state index contributed by atoms with van der Waals surface area (Å²) >= 11 is 0. The van der Waals surface area contributed by atoms with Crippen molar-refractivity contribution in [2.75, 3.05) is 42.7 Å². The molecule has 5 heteroatoms. The van der Waals surface area contributed by atoms with E-state index in [4.69, 9.17) is 21.7 Å². The third kappa shape index (κ3) is 3.65. The van der Waals surface area contributed by atoms with Crippen molar-refractivity contribution in [3.05, 3.63) is 42.5 Å². The maximum Gasteiger partial charge on any atom is 0.0606 e. The van der Waals surface area contributed by atoms with Crippen LogP contribution in [0.4, 0.5) is 17.1 Å². The number of nitrogens with two attached hydrogens (primary N) is 2. The summed E-state index contributed by atoms with van der Waals surface area (Å²) in [6.45, 7) is 1.00. The van der Waals surface area contributed by atoms with Crippen molar-refractivity contribution in [1.82, 2.24) is 0 Å². The zero-order valence-electron chi connectivity index (χ0n) is 11.9. The molecule has 2 aromatic rings. The molecule has 0 spiro atoms. The van der Waals surface area contributed by atoms with Gasteiger partial charge in [0.25, 0.3) is 0 Å². The maximum atomic E-state index is 9.13. The Kier molecular flexibility index (Phi) is 5.03. The van der Waals surface area contributed by atoms with Gasteiger partial charge in [-0.15, -0.1) is 0 Å². The van der Waals surface area contributed by atoms with Gasteiger partial charge in [-0.2, -0.15) is 0 Å². The van der Waals surface area contributed by atoms with E-state index < -0.39 is 0 Å². The SMILES string of the molecule is Nc1ccc(N)c(-c2cccc(N(CCO)CCO)c2)c1. The molecule has 0 atom stereocenters. The highest BCUT2D eigenvalue weighted by molar-refractivity contribution is 5.81. The molecule has 5 nitrogen and oxygen atoms in total. The smallest absolute Gasteiger partial charge is 0.0606 e. The molecule has 0 bridgehead atoms. The van der Waals surface area contributed by atoms with Crippen LogP contribution in [0.5, 0.6) is 0 Å². The van der Waals surface area contributed by atoms with Crippen LogP contribution in [0.1, 0.15) is 0 Å². The van der Waals surface area contributed by atoms with Crippen LogP contribution in [0, 0.1) is 0 Å². The molecule has 0 saturated carbocycles. The predicted molar refractivity (Wildman–Crippen MR) is 87.1 cm³/mol. The van der Waals surface area contributed by atoms with Crippen molar-refractivity contribution in [1.29, 1.82) is 0 Å². The summed E-state index contributed by atoms with van der Waals surface area (Å²) in [5.41, 5.74) is 15.9. The Morgan fingerprint density at radius 1 is 0.905 bits per heavy atom. The number of hydrogen-bond acceptors (Lipinski definition) is 5. The number of rotatable bonds is 6. The van der Waals surface area contributed by atoms with Gasteiger partial charge in [0.1, 0.15) is 0 Å². The second-order valence-corrected chi connectivity index (χ2v) is 4.83. The summed E-state index contributed by atoms with van der Waals surface area (Å²) in [5.74, 6) is 0. The Hall–Kier alpha value is -2.24. The quantitative estimate of drug-likeness (QED) is 0.601. The van der Waals surface area contributed by atoms with Crippen molar-refractivity contribution in [2.45, 2.75) is 0 Å². The molecule has 0 fully saturated rings. The minimum absolute atomic E-state index is 0.0324. The second-order valence-electron chi connectivity index (χ2n) is 4.83. The van der Waals surface area contributed by atoms with Crippen LogP contribution in [-0.2, 0) is 0 Å². The number of benzene rings is 2. The number of aliphatic hydroxyl groups is 2. The molecule has 112 valence electrons. The van der Waals surface area contributed by atoms with Crippen LogP contribution in [0.2, 0.25) is 0 Å². The van der Waals surface area contributed by atoms with E-state index in [1.54, 1.807) is 12.1 Å². The molecule has 0 saturated heterocycles. The highest BCUT2D eigenvalue weighted by Gasteiger charge is 2.08. The topological polar surface area (TPSA) is 95.7 Å². The Morgan fingerprint density at radius 2 is 1.62 bits per heavy atom. The van der Waals surface area contributed by atoms with Crippen LogP contribution >= 0.6 is 0 Å². The van der Waals surface area contributed by atoms with Crippen LogP contribution in [0.15, 0.2) is 42.5 Å². The predicted octanol–water partition coefficient (Wildman–Crippen LogP) is 1.31. The standard InChI is InChI=1S/C16H21N3O2/c17-13-4-5-16(18)15(11-13)12-2-1-3-14(10-12)19(6-8-20)7-9-21/h1-5,10-11,20-21H,6-9,17-18H2. The summed E-state index contributed by atoms with van der Waals surface area (Å²) in [6, 6.07) is 13.2. The van der Waals surface area contributed by atoms with Crippen LogP contribution in [0.3, 0.4) is 0 Å². The van der Waals surface area contributed by atoms with Gasteiger partial charge in [0.05, 0.1) is 13.2 Å². The fraction of sp³-hybridized carbons (Fsp3) is 0.250. The minimum Gasteiger partial charge on any atom is -0.399 e. The highest BCUT2D eigenvalue weighted by Crippen LogP contribution is 2.30. The van der Waals surface area contributed by atoms with E-state index >= 15 is 0 Å². The molecule has 0 aliphatic carbocycles. The Morgan fingerprint density at radius 3 is 2.29 bits per heavy atom. The third-order valence-electron chi connectivity index (χ3n) is 3.34. The third-order valence-corrected chi connectivity index (χ3v) is 3.34. The zero-order chi connectivity index (χ0) is 15.2. The lowest BCUT2D eigenvalue weighted by molar-refractivity contribution is 0.281. The molecular weight excluding hydrogens is 266 g/mol.